The Morgan fingerprint density at radius 3 is 2.53 bits per heavy atom. The summed E-state index contributed by atoms with van der Waals surface area (Å²) in [5, 5.41) is 6.41. The minimum Gasteiger partial charge on any atom is -0.434 e. The first-order chi connectivity index (χ1) is 15.0. The van der Waals surface area contributed by atoms with Gasteiger partial charge in [0.25, 0.3) is 0 Å². The summed E-state index contributed by atoms with van der Waals surface area (Å²) in [6.45, 7) is 4.26. The van der Waals surface area contributed by atoms with Crippen molar-refractivity contribution in [3.05, 3.63) is 29.3 Å². The largest absolute Gasteiger partial charge is 0.434 e. The lowest BCUT2D eigenvalue weighted by Gasteiger charge is -2.38. The number of piperazine rings is 1. The Bertz CT molecular complexity index is 769. The fourth-order valence-corrected chi connectivity index (χ4v) is 3.89. The number of halogens is 3. The fourth-order valence-electron chi connectivity index (χ4n) is 3.89. The normalized spacial score (nSPS) is 17.5. The molecule has 32 heavy (non-hydrogen) atoms. The molecule has 1 saturated heterocycles. The van der Waals surface area contributed by atoms with Crippen LogP contribution in [0.5, 0.6) is 5.75 Å². The van der Waals surface area contributed by atoms with Crippen LogP contribution in [-0.2, 0) is 11.3 Å². The summed E-state index contributed by atoms with van der Waals surface area (Å²) < 4.78 is 29.9. The first kappa shape index (κ1) is 26.6. The van der Waals surface area contributed by atoms with Gasteiger partial charge < -0.3 is 20.3 Å². The molecule has 10 heteroatoms. The third-order valence-electron chi connectivity index (χ3n) is 5.96. The molecule has 3 rings (SSSR count). The summed E-state index contributed by atoms with van der Waals surface area (Å²) in [4.78, 5) is 20.9. The number of aryl methyl sites for hydroxylation is 1. The second kappa shape index (κ2) is 13.1. The maximum atomic E-state index is 12.6. The predicted octanol–water partition coefficient (Wildman–Crippen LogP) is 2.82. The molecule has 1 aliphatic carbocycles. The lowest BCUT2D eigenvalue weighted by molar-refractivity contribution is -0.139. The van der Waals surface area contributed by atoms with Crippen LogP contribution in [0, 0.1) is 12.8 Å². The highest BCUT2D eigenvalue weighted by Gasteiger charge is 2.31. The predicted molar refractivity (Wildman–Crippen MR) is 132 cm³/mol. The van der Waals surface area contributed by atoms with Crippen molar-refractivity contribution in [2.75, 3.05) is 46.3 Å². The number of hydrogen-bond acceptors (Lipinski definition) is 4. The van der Waals surface area contributed by atoms with Gasteiger partial charge in [-0.3, -0.25) is 14.7 Å². The van der Waals surface area contributed by atoms with Crippen LogP contribution in [0.4, 0.5) is 8.78 Å². The smallest absolute Gasteiger partial charge is 0.387 e. The quantitative estimate of drug-likeness (QED) is 0.289. The lowest BCUT2D eigenvalue weighted by Crippen LogP contribution is -2.52. The van der Waals surface area contributed by atoms with E-state index < -0.39 is 6.61 Å². The summed E-state index contributed by atoms with van der Waals surface area (Å²) in [6, 6.07) is 5.13. The summed E-state index contributed by atoms with van der Waals surface area (Å²) in [5.41, 5.74) is 1.62. The van der Waals surface area contributed by atoms with Gasteiger partial charge >= 0.3 is 6.61 Å². The Morgan fingerprint density at radius 2 is 1.94 bits per heavy atom. The minimum atomic E-state index is -2.86. The molecule has 1 aliphatic heterocycles. The first-order valence-electron chi connectivity index (χ1n) is 11.0. The fraction of sp³-hybridized carbons (Fsp3) is 0.636. The molecule has 180 valence electrons. The van der Waals surface area contributed by atoms with E-state index in [-0.39, 0.29) is 35.6 Å². The van der Waals surface area contributed by atoms with Crippen LogP contribution in [0.1, 0.15) is 30.4 Å². The first-order valence-corrected chi connectivity index (χ1v) is 11.0. The van der Waals surface area contributed by atoms with Crippen molar-refractivity contribution in [1.29, 1.82) is 0 Å². The van der Waals surface area contributed by atoms with Gasteiger partial charge in [-0.25, -0.2) is 0 Å². The van der Waals surface area contributed by atoms with Gasteiger partial charge in [-0.1, -0.05) is 24.1 Å². The van der Waals surface area contributed by atoms with Gasteiger partial charge in [-0.2, -0.15) is 8.78 Å². The highest BCUT2D eigenvalue weighted by atomic mass is 127. The van der Waals surface area contributed by atoms with Crippen molar-refractivity contribution < 1.29 is 18.3 Å². The Balaban J connectivity index is 0.00000363. The number of amides is 1. The van der Waals surface area contributed by atoms with Crippen molar-refractivity contribution >= 4 is 35.8 Å². The average Bonchev–Trinajstić information content (AvgIpc) is 2.71. The lowest BCUT2D eigenvalue weighted by atomic mass is 9.84. The molecule has 0 aromatic heterocycles. The number of hydrogen-bond donors (Lipinski definition) is 2. The van der Waals surface area contributed by atoms with Crippen LogP contribution in [0.15, 0.2) is 23.2 Å². The van der Waals surface area contributed by atoms with Gasteiger partial charge in [0.15, 0.2) is 5.96 Å². The molecule has 0 bridgehead atoms. The van der Waals surface area contributed by atoms with E-state index >= 15 is 0 Å². The molecule has 0 radical (unpaired) electrons. The van der Waals surface area contributed by atoms with Crippen molar-refractivity contribution in [3.63, 3.8) is 0 Å². The number of nitrogens with one attached hydrogen (secondary N) is 2. The zero-order chi connectivity index (χ0) is 22.2. The van der Waals surface area contributed by atoms with Crippen LogP contribution >= 0.6 is 24.0 Å². The van der Waals surface area contributed by atoms with Crippen LogP contribution in [0.25, 0.3) is 0 Å². The molecule has 1 amide bonds. The number of benzene rings is 1. The second-order valence-corrected chi connectivity index (χ2v) is 8.14. The van der Waals surface area contributed by atoms with Gasteiger partial charge in [-0.15, -0.1) is 24.0 Å². The number of ether oxygens (including phenoxy) is 1. The van der Waals surface area contributed by atoms with E-state index in [1.54, 1.807) is 19.2 Å². The van der Waals surface area contributed by atoms with Gasteiger partial charge in [0.2, 0.25) is 5.91 Å². The van der Waals surface area contributed by atoms with Crippen molar-refractivity contribution in [2.24, 2.45) is 10.9 Å². The monoisotopic (exact) mass is 565 g/mol. The Morgan fingerprint density at radius 1 is 1.22 bits per heavy atom. The molecule has 1 saturated carbocycles. The number of carbonyl (C=O) groups is 1. The van der Waals surface area contributed by atoms with Gasteiger partial charge in [0.1, 0.15) is 5.75 Å². The van der Waals surface area contributed by atoms with E-state index in [0.717, 1.165) is 51.1 Å². The molecule has 0 atom stereocenters. The number of nitrogens with zero attached hydrogens (tertiary/aromatic N) is 3. The number of alkyl halides is 2. The van der Waals surface area contributed by atoms with Crippen LogP contribution in [0.2, 0.25) is 0 Å². The van der Waals surface area contributed by atoms with Crippen molar-refractivity contribution in [1.82, 2.24) is 20.4 Å². The van der Waals surface area contributed by atoms with E-state index in [9.17, 15) is 13.6 Å². The van der Waals surface area contributed by atoms with Gasteiger partial charge in [0.05, 0.1) is 0 Å². The van der Waals surface area contributed by atoms with E-state index in [2.05, 4.69) is 25.3 Å². The molecule has 1 heterocycles. The van der Waals surface area contributed by atoms with Crippen LogP contribution < -0.4 is 15.4 Å². The van der Waals surface area contributed by atoms with Crippen LogP contribution in [0.3, 0.4) is 0 Å². The SMILES string of the molecule is CN=C(NCCN1CCN(C(=O)C2CCC2)CC1)NCc1cc(C)ccc1OC(F)F.I. The van der Waals surface area contributed by atoms with E-state index in [4.69, 9.17) is 0 Å². The Hall–Kier alpha value is -1.69. The summed E-state index contributed by atoms with van der Waals surface area (Å²) in [5.74, 6) is 1.36. The third kappa shape index (κ3) is 7.72. The average molecular weight is 565 g/mol. The Labute approximate surface area is 206 Å². The maximum Gasteiger partial charge on any atom is 0.387 e. The third-order valence-corrected chi connectivity index (χ3v) is 5.96. The molecule has 0 unspecified atom stereocenters. The van der Waals surface area contributed by atoms with Gasteiger partial charge in [0, 0.05) is 64.3 Å². The zero-order valence-corrected chi connectivity index (χ0v) is 21.1. The van der Waals surface area contributed by atoms with Crippen molar-refractivity contribution in [3.8, 4) is 5.75 Å². The number of rotatable bonds is 8. The van der Waals surface area contributed by atoms with Crippen LogP contribution in [-0.4, -0.2) is 74.6 Å². The highest BCUT2D eigenvalue weighted by molar-refractivity contribution is 14.0. The second-order valence-electron chi connectivity index (χ2n) is 8.14. The number of guanidine groups is 1. The molecule has 0 spiro atoms. The number of aliphatic imine (C=N–C) groups is 1. The molecule has 1 aromatic carbocycles. The molecule has 2 fully saturated rings. The van der Waals surface area contributed by atoms with E-state index in [1.807, 2.05) is 17.9 Å². The minimum absolute atomic E-state index is 0. The molecule has 1 aromatic rings. The maximum absolute atomic E-state index is 12.6. The standard InChI is InChI=1S/C22H33F2N5O2.HI/c1-16-6-7-19(31-21(23)24)18(14-16)15-27-22(25-2)26-8-9-28-10-12-29(13-11-28)20(30)17-4-3-5-17;/h6-7,14,17,21H,3-5,8-13,15H2,1-2H3,(H2,25,26,27);1H. The summed E-state index contributed by atoms with van der Waals surface area (Å²) in [7, 11) is 1.67. The Kier molecular flexibility index (Phi) is 10.9. The topological polar surface area (TPSA) is 69.2 Å². The molecule has 7 nitrogen and oxygen atoms in total. The van der Waals surface area contributed by atoms with Crippen molar-refractivity contribution in [2.45, 2.75) is 39.3 Å². The number of carbonyl (C=O) groups excluding carboxylic acids is 1. The van der Waals surface area contributed by atoms with Gasteiger partial charge in [-0.05, 0) is 25.8 Å². The summed E-state index contributed by atoms with van der Waals surface area (Å²) >= 11 is 0. The highest BCUT2D eigenvalue weighted by Crippen LogP contribution is 2.28. The van der Waals surface area contributed by atoms with E-state index in [0.29, 0.717) is 30.5 Å². The zero-order valence-electron chi connectivity index (χ0n) is 18.8. The molecular weight excluding hydrogens is 531 g/mol. The molecule has 2 aliphatic rings. The van der Waals surface area contributed by atoms with E-state index in [1.165, 1.54) is 6.42 Å². The molecular formula is C22H34F2IN5O2. The molecule has 2 N–H and O–H groups in total. The summed E-state index contributed by atoms with van der Waals surface area (Å²) in [6.07, 6.45) is 3.28.